The highest BCUT2D eigenvalue weighted by Gasteiger charge is 2.20. The van der Waals surface area contributed by atoms with Gasteiger partial charge in [0.1, 0.15) is 5.82 Å². The normalized spacial score (nSPS) is 18.5. The molecule has 1 aliphatic rings. The van der Waals surface area contributed by atoms with Crippen molar-refractivity contribution in [3.63, 3.8) is 0 Å². The number of ether oxygens (including phenoxy) is 2. The third-order valence-corrected chi connectivity index (χ3v) is 3.07. The fourth-order valence-corrected chi connectivity index (χ4v) is 2.10. The maximum Gasteiger partial charge on any atom is 0.159 e. The first-order valence-corrected chi connectivity index (χ1v) is 5.96. The number of halogens is 2. The van der Waals surface area contributed by atoms with Crippen molar-refractivity contribution in [2.24, 2.45) is 5.73 Å². The molecule has 1 aliphatic heterocycles. The van der Waals surface area contributed by atoms with Crippen LogP contribution in [0, 0.1) is 5.82 Å². The Morgan fingerprint density at radius 2 is 2.12 bits per heavy atom. The second-order valence-electron chi connectivity index (χ2n) is 4.07. The lowest BCUT2D eigenvalue weighted by Crippen LogP contribution is -2.29. The average molecular weight is 260 g/mol. The van der Waals surface area contributed by atoms with Crippen LogP contribution >= 0.6 is 11.6 Å². The number of nitrogens with two attached hydrogens (primary N) is 1. The van der Waals surface area contributed by atoms with Gasteiger partial charge in [-0.3, -0.25) is 0 Å². The molecular weight excluding hydrogens is 245 g/mol. The zero-order chi connectivity index (χ0) is 12.3. The second-order valence-corrected chi connectivity index (χ2v) is 4.48. The van der Waals surface area contributed by atoms with Crippen LogP contribution in [-0.2, 0) is 15.9 Å². The maximum absolute atomic E-state index is 13.5. The first-order valence-electron chi connectivity index (χ1n) is 5.58. The summed E-state index contributed by atoms with van der Waals surface area (Å²) in [5, 5.41) is 0.411. The molecule has 0 saturated carbocycles. The van der Waals surface area contributed by atoms with Gasteiger partial charge >= 0.3 is 0 Å². The van der Waals surface area contributed by atoms with Crippen molar-refractivity contribution in [3.8, 4) is 0 Å². The summed E-state index contributed by atoms with van der Waals surface area (Å²) in [6, 6.07) is 4.40. The molecule has 0 bridgehead atoms. The quantitative estimate of drug-likeness (QED) is 0.901. The Kier molecular flexibility index (Phi) is 4.34. The zero-order valence-electron chi connectivity index (χ0n) is 9.36. The molecule has 1 saturated heterocycles. The van der Waals surface area contributed by atoms with Gasteiger partial charge in [-0.15, -0.1) is 0 Å². The van der Waals surface area contributed by atoms with E-state index in [2.05, 4.69) is 0 Å². The van der Waals surface area contributed by atoms with E-state index in [1.54, 1.807) is 12.1 Å². The van der Waals surface area contributed by atoms with E-state index >= 15 is 0 Å². The molecule has 5 heteroatoms. The minimum absolute atomic E-state index is 0.229. The van der Waals surface area contributed by atoms with Gasteiger partial charge in [0.2, 0.25) is 0 Å². The van der Waals surface area contributed by atoms with Crippen molar-refractivity contribution in [2.75, 3.05) is 13.2 Å². The first-order chi connectivity index (χ1) is 8.16. The van der Waals surface area contributed by atoms with Crippen LogP contribution < -0.4 is 5.73 Å². The van der Waals surface area contributed by atoms with E-state index in [1.165, 1.54) is 6.07 Å². The van der Waals surface area contributed by atoms with Crippen LogP contribution in [0.2, 0.25) is 5.02 Å². The van der Waals surface area contributed by atoms with Crippen molar-refractivity contribution in [1.29, 1.82) is 0 Å². The van der Waals surface area contributed by atoms with E-state index in [-0.39, 0.29) is 18.1 Å². The molecular formula is C12H15ClFNO2. The van der Waals surface area contributed by atoms with E-state index in [4.69, 9.17) is 26.8 Å². The summed E-state index contributed by atoms with van der Waals surface area (Å²) in [6.07, 6.45) is 0.662. The Morgan fingerprint density at radius 1 is 1.41 bits per heavy atom. The molecule has 0 radical (unpaired) electrons. The van der Waals surface area contributed by atoms with Crippen LogP contribution in [0.1, 0.15) is 12.0 Å². The molecule has 1 unspecified atom stereocenters. The molecule has 0 aliphatic carbocycles. The highest BCUT2D eigenvalue weighted by atomic mass is 35.5. The third kappa shape index (κ3) is 3.39. The molecule has 1 aromatic carbocycles. The molecule has 2 N–H and O–H groups in total. The first kappa shape index (κ1) is 12.8. The Labute approximate surface area is 105 Å². The number of rotatable bonds is 4. The summed E-state index contributed by atoms with van der Waals surface area (Å²) >= 11 is 5.93. The van der Waals surface area contributed by atoms with E-state index in [0.29, 0.717) is 36.6 Å². The smallest absolute Gasteiger partial charge is 0.159 e. The summed E-state index contributed by atoms with van der Waals surface area (Å²) < 4.78 is 24.1. The summed E-state index contributed by atoms with van der Waals surface area (Å²) in [4.78, 5) is 0. The lowest BCUT2D eigenvalue weighted by molar-refractivity contribution is -0.0505. The van der Waals surface area contributed by atoms with Crippen LogP contribution in [0.3, 0.4) is 0 Å². The van der Waals surface area contributed by atoms with Crippen LogP contribution in [-0.4, -0.2) is 25.5 Å². The highest BCUT2D eigenvalue weighted by molar-refractivity contribution is 6.31. The topological polar surface area (TPSA) is 44.5 Å². The SMILES string of the molecule is NC(Cc1c(F)cccc1Cl)CC1OCCO1. The largest absolute Gasteiger partial charge is 0.350 e. The standard InChI is InChI=1S/C12H15ClFNO2/c13-10-2-1-3-11(14)9(10)6-8(15)7-12-16-4-5-17-12/h1-3,8,12H,4-7,15H2. The molecule has 0 aromatic heterocycles. The van der Waals surface area contributed by atoms with Gasteiger partial charge in [-0.1, -0.05) is 17.7 Å². The molecule has 0 spiro atoms. The highest BCUT2D eigenvalue weighted by Crippen LogP contribution is 2.21. The fraction of sp³-hybridized carbons (Fsp3) is 0.500. The Bertz CT molecular complexity index is 363. The van der Waals surface area contributed by atoms with Crippen LogP contribution in [0.5, 0.6) is 0 Å². The van der Waals surface area contributed by atoms with Crippen LogP contribution in [0.15, 0.2) is 18.2 Å². The number of benzene rings is 1. The van der Waals surface area contributed by atoms with Gasteiger partial charge in [-0.2, -0.15) is 0 Å². The van der Waals surface area contributed by atoms with Gasteiger partial charge in [-0.25, -0.2) is 4.39 Å². The van der Waals surface area contributed by atoms with Gasteiger partial charge in [0.05, 0.1) is 13.2 Å². The monoisotopic (exact) mass is 259 g/mol. The molecule has 1 atom stereocenters. The molecule has 1 heterocycles. The molecule has 2 rings (SSSR count). The Hall–Kier alpha value is -0.680. The number of hydrogen-bond donors (Lipinski definition) is 1. The average Bonchev–Trinajstić information content (AvgIpc) is 2.76. The Morgan fingerprint density at radius 3 is 2.76 bits per heavy atom. The minimum Gasteiger partial charge on any atom is -0.350 e. The minimum atomic E-state index is -0.318. The predicted molar refractivity (Wildman–Crippen MR) is 63.4 cm³/mol. The van der Waals surface area contributed by atoms with Gasteiger partial charge in [0.25, 0.3) is 0 Å². The van der Waals surface area contributed by atoms with E-state index in [0.717, 1.165) is 0 Å². The summed E-state index contributed by atoms with van der Waals surface area (Å²) in [5.74, 6) is -0.318. The molecule has 0 amide bonds. The van der Waals surface area contributed by atoms with E-state index in [9.17, 15) is 4.39 Å². The zero-order valence-corrected chi connectivity index (χ0v) is 10.1. The van der Waals surface area contributed by atoms with Gasteiger partial charge in [0.15, 0.2) is 6.29 Å². The van der Waals surface area contributed by atoms with Crippen molar-refractivity contribution in [2.45, 2.75) is 25.2 Å². The lowest BCUT2D eigenvalue weighted by Gasteiger charge is -2.16. The Balaban J connectivity index is 1.95. The summed E-state index contributed by atoms with van der Waals surface area (Å²) in [5.41, 5.74) is 6.40. The van der Waals surface area contributed by atoms with Gasteiger partial charge < -0.3 is 15.2 Å². The van der Waals surface area contributed by atoms with Crippen molar-refractivity contribution in [1.82, 2.24) is 0 Å². The van der Waals surface area contributed by atoms with Gasteiger partial charge in [0, 0.05) is 23.0 Å². The maximum atomic E-state index is 13.5. The van der Waals surface area contributed by atoms with E-state index < -0.39 is 0 Å². The summed E-state index contributed by atoms with van der Waals surface area (Å²) in [6.45, 7) is 1.19. The lowest BCUT2D eigenvalue weighted by atomic mass is 10.0. The molecule has 17 heavy (non-hydrogen) atoms. The molecule has 3 nitrogen and oxygen atoms in total. The third-order valence-electron chi connectivity index (χ3n) is 2.71. The molecule has 1 aromatic rings. The van der Waals surface area contributed by atoms with Crippen molar-refractivity contribution < 1.29 is 13.9 Å². The van der Waals surface area contributed by atoms with Crippen LogP contribution in [0.25, 0.3) is 0 Å². The summed E-state index contributed by atoms with van der Waals surface area (Å²) in [7, 11) is 0. The second kappa shape index (κ2) is 5.78. The molecule has 1 fully saturated rings. The van der Waals surface area contributed by atoms with E-state index in [1.807, 2.05) is 0 Å². The van der Waals surface area contributed by atoms with Crippen molar-refractivity contribution in [3.05, 3.63) is 34.6 Å². The number of hydrogen-bond acceptors (Lipinski definition) is 3. The van der Waals surface area contributed by atoms with Crippen LogP contribution in [0.4, 0.5) is 4.39 Å². The van der Waals surface area contributed by atoms with Gasteiger partial charge in [-0.05, 0) is 18.6 Å². The van der Waals surface area contributed by atoms with Crippen molar-refractivity contribution >= 4 is 11.6 Å². The predicted octanol–water partition coefficient (Wildman–Crippen LogP) is 2.11. The fourth-order valence-electron chi connectivity index (χ4n) is 1.86. The molecule has 94 valence electrons.